The smallest absolute Gasteiger partial charge is 0.0724 e. The van der Waals surface area contributed by atoms with E-state index in [1.54, 1.807) is 0 Å². The van der Waals surface area contributed by atoms with Gasteiger partial charge in [-0.3, -0.25) is 0 Å². The first-order valence-corrected chi connectivity index (χ1v) is 5.99. The minimum atomic E-state index is 0.147. The number of hydrogen-bond acceptors (Lipinski definition) is 2. The molecule has 84 valence electrons. The van der Waals surface area contributed by atoms with E-state index in [0.29, 0.717) is 19.1 Å². The van der Waals surface area contributed by atoms with Crippen molar-refractivity contribution in [2.45, 2.75) is 26.6 Å². The molecule has 0 saturated carbocycles. The highest BCUT2D eigenvalue weighted by atomic mass is 79.9. The molecule has 0 amide bonds. The predicted octanol–water partition coefficient (Wildman–Crippen LogP) is 2.95. The molecular weight excluding hydrogens is 254 g/mol. The van der Waals surface area contributed by atoms with Crippen LogP contribution >= 0.6 is 15.9 Å². The van der Waals surface area contributed by atoms with Crippen molar-refractivity contribution in [2.75, 3.05) is 6.54 Å². The number of benzene rings is 1. The number of ether oxygens (including phenoxy) is 1. The topological polar surface area (TPSA) is 35.2 Å². The van der Waals surface area contributed by atoms with Crippen LogP contribution in [0.1, 0.15) is 19.4 Å². The van der Waals surface area contributed by atoms with Crippen molar-refractivity contribution in [1.29, 1.82) is 0 Å². The van der Waals surface area contributed by atoms with Crippen LogP contribution in [-0.2, 0) is 11.3 Å². The Morgan fingerprint density at radius 1 is 1.27 bits per heavy atom. The van der Waals surface area contributed by atoms with Crippen molar-refractivity contribution in [3.05, 3.63) is 34.3 Å². The van der Waals surface area contributed by atoms with Gasteiger partial charge in [-0.1, -0.05) is 41.9 Å². The normalized spacial score (nSPS) is 13.1. The molecule has 1 atom stereocenters. The van der Waals surface area contributed by atoms with Crippen molar-refractivity contribution in [1.82, 2.24) is 0 Å². The summed E-state index contributed by atoms with van der Waals surface area (Å²) in [5.74, 6) is 0.463. The molecule has 1 aromatic carbocycles. The highest BCUT2D eigenvalue weighted by Gasteiger charge is 2.11. The minimum Gasteiger partial charge on any atom is -0.372 e. The quantitative estimate of drug-likeness (QED) is 0.894. The summed E-state index contributed by atoms with van der Waals surface area (Å²) in [6, 6.07) is 8.15. The fourth-order valence-corrected chi connectivity index (χ4v) is 1.58. The molecule has 0 saturated heterocycles. The lowest BCUT2D eigenvalue weighted by molar-refractivity contribution is 0.0168. The van der Waals surface area contributed by atoms with Crippen molar-refractivity contribution in [3.63, 3.8) is 0 Å². The van der Waals surface area contributed by atoms with Gasteiger partial charge in [0.15, 0.2) is 0 Å². The van der Waals surface area contributed by atoms with Crippen LogP contribution in [0, 0.1) is 5.92 Å². The Morgan fingerprint density at radius 2 is 1.87 bits per heavy atom. The first kappa shape index (κ1) is 12.7. The van der Waals surface area contributed by atoms with Crippen LogP contribution < -0.4 is 5.73 Å². The van der Waals surface area contributed by atoms with Crippen LogP contribution in [0.4, 0.5) is 0 Å². The van der Waals surface area contributed by atoms with Crippen LogP contribution in [0.2, 0.25) is 0 Å². The van der Waals surface area contributed by atoms with Crippen molar-refractivity contribution >= 4 is 15.9 Å². The van der Waals surface area contributed by atoms with Gasteiger partial charge in [-0.15, -0.1) is 0 Å². The molecule has 0 aliphatic heterocycles. The molecule has 0 heterocycles. The van der Waals surface area contributed by atoms with Gasteiger partial charge in [0.25, 0.3) is 0 Å². The molecule has 0 radical (unpaired) electrons. The molecule has 0 aliphatic rings. The summed E-state index contributed by atoms with van der Waals surface area (Å²) in [5.41, 5.74) is 6.81. The summed E-state index contributed by atoms with van der Waals surface area (Å²) >= 11 is 3.40. The standard InChI is InChI=1S/C12H18BrNO/c1-9(2)12(7-14)15-8-10-3-5-11(13)6-4-10/h3-6,9,12H,7-8,14H2,1-2H3. The average molecular weight is 272 g/mol. The van der Waals surface area contributed by atoms with Crippen molar-refractivity contribution in [2.24, 2.45) is 11.7 Å². The van der Waals surface area contributed by atoms with E-state index in [2.05, 4.69) is 41.9 Å². The van der Waals surface area contributed by atoms with Gasteiger partial charge in [-0.2, -0.15) is 0 Å². The summed E-state index contributed by atoms with van der Waals surface area (Å²) in [6.07, 6.45) is 0.147. The van der Waals surface area contributed by atoms with Gasteiger partial charge in [0.1, 0.15) is 0 Å². The van der Waals surface area contributed by atoms with Crippen LogP contribution in [0.15, 0.2) is 28.7 Å². The van der Waals surface area contributed by atoms with E-state index in [0.717, 1.165) is 4.47 Å². The van der Waals surface area contributed by atoms with Crippen molar-refractivity contribution in [3.8, 4) is 0 Å². The SMILES string of the molecule is CC(C)C(CN)OCc1ccc(Br)cc1. The minimum absolute atomic E-state index is 0.147. The zero-order valence-corrected chi connectivity index (χ0v) is 10.8. The molecular formula is C12H18BrNO. The van der Waals surface area contributed by atoms with E-state index < -0.39 is 0 Å². The number of nitrogens with two attached hydrogens (primary N) is 1. The van der Waals surface area contributed by atoms with Gasteiger partial charge >= 0.3 is 0 Å². The maximum atomic E-state index is 5.74. The van der Waals surface area contributed by atoms with Crippen LogP contribution in [-0.4, -0.2) is 12.6 Å². The van der Waals surface area contributed by atoms with Gasteiger partial charge in [-0.25, -0.2) is 0 Å². The maximum Gasteiger partial charge on any atom is 0.0724 e. The molecule has 1 unspecified atom stereocenters. The summed E-state index contributed by atoms with van der Waals surface area (Å²) in [6.45, 7) is 5.46. The average Bonchev–Trinajstić information content (AvgIpc) is 2.21. The number of rotatable bonds is 5. The monoisotopic (exact) mass is 271 g/mol. The lowest BCUT2D eigenvalue weighted by atomic mass is 10.1. The Morgan fingerprint density at radius 3 is 2.33 bits per heavy atom. The molecule has 1 rings (SSSR count). The highest BCUT2D eigenvalue weighted by Crippen LogP contribution is 2.13. The zero-order valence-electron chi connectivity index (χ0n) is 9.24. The highest BCUT2D eigenvalue weighted by molar-refractivity contribution is 9.10. The fraction of sp³-hybridized carbons (Fsp3) is 0.500. The molecule has 0 aromatic heterocycles. The Bertz CT molecular complexity index is 284. The third-order valence-corrected chi connectivity index (χ3v) is 2.88. The molecule has 0 bridgehead atoms. The lowest BCUT2D eigenvalue weighted by Crippen LogP contribution is -2.28. The van der Waals surface area contributed by atoms with E-state index in [9.17, 15) is 0 Å². The number of halogens is 1. The van der Waals surface area contributed by atoms with E-state index in [-0.39, 0.29) is 6.10 Å². The van der Waals surface area contributed by atoms with Crippen LogP contribution in [0.5, 0.6) is 0 Å². The van der Waals surface area contributed by atoms with Crippen molar-refractivity contribution < 1.29 is 4.74 Å². The first-order chi connectivity index (χ1) is 7.13. The molecule has 15 heavy (non-hydrogen) atoms. The summed E-state index contributed by atoms with van der Waals surface area (Å²) < 4.78 is 6.83. The molecule has 0 aliphatic carbocycles. The molecule has 2 N–H and O–H groups in total. The maximum absolute atomic E-state index is 5.74. The van der Waals surface area contributed by atoms with Gasteiger partial charge in [0.2, 0.25) is 0 Å². The van der Waals surface area contributed by atoms with E-state index in [4.69, 9.17) is 10.5 Å². The van der Waals surface area contributed by atoms with E-state index >= 15 is 0 Å². The third-order valence-electron chi connectivity index (χ3n) is 2.35. The second-order valence-corrected chi connectivity index (χ2v) is 4.87. The molecule has 0 fully saturated rings. The first-order valence-electron chi connectivity index (χ1n) is 5.19. The lowest BCUT2D eigenvalue weighted by Gasteiger charge is -2.19. The van der Waals surface area contributed by atoms with Gasteiger partial charge in [0, 0.05) is 11.0 Å². The summed E-state index contributed by atoms with van der Waals surface area (Å²) in [4.78, 5) is 0. The second-order valence-electron chi connectivity index (χ2n) is 3.96. The summed E-state index contributed by atoms with van der Waals surface area (Å²) in [7, 11) is 0. The molecule has 2 nitrogen and oxygen atoms in total. The molecule has 1 aromatic rings. The zero-order chi connectivity index (χ0) is 11.3. The Balaban J connectivity index is 2.45. The Kier molecular flexibility index (Phi) is 5.29. The third kappa shape index (κ3) is 4.33. The van der Waals surface area contributed by atoms with E-state index in [1.165, 1.54) is 5.56 Å². The van der Waals surface area contributed by atoms with Gasteiger partial charge in [-0.05, 0) is 23.6 Å². The Hall–Kier alpha value is -0.380. The second kappa shape index (κ2) is 6.26. The van der Waals surface area contributed by atoms with Gasteiger partial charge < -0.3 is 10.5 Å². The van der Waals surface area contributed by atoms with Crippen LogP contribution in [0.25, 0.3) is 0 Å². The predicted molar refractivity (Wildman–Crippen MR) is 66.6 cm³/mol. The molecule has 0 spiro atoms. The number of hydrogen-bond donors (Lipinski definition) is 1. The fourth-order valence-electron chi connectivity index (χ4n) is 1.32. The van der Waals surface area contributed by atoms with E-state index in [1.807, 2.05) is 12.1 Å². The largest absolute Gasteiger partial charge is 0.372 e. The Labute approximate surface area is 99.9 Å². The summed E-state index contributed by atoms with van der Waals surface area (Å²) in [5, 5.41) is 0. The van der Waals surface area contributed by atoms with Gasteiger partial charge in [0.05, 0.1) is 12.7 Å². The van der Waals surface area contributed by atoms with Crippen LogP contribution in [0.3, 0.4) is 0 Å². The molecule has 3 heteroatoms.